The number of nitro groups is 1. The van der Waals surface area contributed by atoms with Crippen molar-refractivity contribution in [2.45, 2.75) is 31.3 Å². The summed E-state index contributed by atoms with van der Waals surface area (Å²) in [7, 11) is -4.24. The minimum absolute atomic E-state index is 0.0516. The van der Waals surface area contributed by atoms with Crippen LogP contribution < -0.4 is 9.62 Å². The lowest BCUT2D eigenvalue weighted by Gasteiger charge is -2.32. The number of carbonyl (C=O) groups excluding carboxylic acids is 2. The lowest BCUT2D eigenvalue weighted by Crippen LogP contribution is -2.51. The number of rotatable bonds is 11. The van der Waals surface area contributed by atoms with Crippen LogP contribution in [0.15, 0.2) is 88.2 Å². The molecule has 1 N–H and O–H groups in total. The van der Waals surface area contributed by atoms with Gasteiger partial charge in [0.05, 0.1) is 15.5 Å². The number of hydrogen-bond donors (Lipinski definition) is 1. The molecule has 3 aromatic rings. The van der Waals surface area contributed by atoms with E-state index in [1.807, 2.05) is 6.07 Å². The highest BCUT2D eigenvalue weighted by atomic mass is 79.9. The van der Waals surface area contributed by atoms with Crippen molar-refractivity contribution < 1.29 is 22.9 Å². The van der Waals surface area contributed by atoms with Crippen LogP contribution in [0.3, 0.4) is 0 Å². The van der Waals surface area contributed by atoms with Crippen LogP contribution in [0.1, 0.15) is 19.4 Å². The van der Waals surface area contributed by atoms with E-state index in [1.165, 1.54) is 41.3 Å². The highest BCUT2D eigenvalue weighted by Gasteiger charge is 2.32. The largest absolute Gasteiger partial charge is 0.355 e. The monoisotopic (exact) mass is 602 g/mol. The minimum atomic E-state index is -4.24. The van der Waals surface area contributed by atoms with Crippen LogP contribution in [0.4, 0.5) is 11.4 Å². The third kappa shape index (κ3) is 6.95. The number of anilines is 1. The van der Waals surface area contributed by atoms with Gasteiger partial charge in [0.15, 0.2) is 0 Å². The van der Waals surface area contributed by atoms with Gasteiger partial charge in [0, 0.05) is 29.7 Å². The lowest BCUT2D eigenvalue weighted by atomic mass is 10.1. The molecule has 0 aliphatic rings. The molecular formula is C26H27BrN4O6S. The second-order valence-electron chi connectivity index (χ2n) is 8.32. The van der Waals surface area contributed by atoms with E-state index in [9.17, 15) is 28.1 Å². The topological polar surface area (TPSA) is 130 Å². The number of sulfonamides is 1. The van der Waals surface area contributed by atoms with Gasteiger partial charge in [-0.1, -0.05) is 46.3 Å². The predicted octanol–water partition coefficient (Wildman–Crippen LogP) is 4.11. The average molecular weight is 603 g/mol. The summed E-state index contributed by atoms with van der Waals surface area (Å²) in [6, 6.07) is 18.8. The first-order valence-corrected chi connectivity index (χ1v) is 13.9. The number of nitrogens with one attached hydrogen (secondary N) is 1. The van der Waals surface area contributed by atoms with Gasteiger partial charge in [0.2, 0.25) is 11.8 Å². The predicted molar refractivity (Wildman–Crippen MR) is 147 cm³/mol. The number of nitrogens with zero attached hydrogens (tertiary/aromatic N) is 3. The third-order valence-corrected chi connectivity index (χ3v) is 8.00. The Morgan fingerprint density at radius 3 is 2.26 bits per heavy atom. The fourth-order valence-corrected chi connectivity index (χ4v) is 5.61. The fraction of sp³-hybridized carbons (Fsp3) is 0.231. The molecule has 0 spiro atoms. The van der Waals surface area contributed by atoms with Crippen molar-refractivity contribution in [3.05, 3.63) is 99.0 Å². The average Bonchev–Trinajstić information content (AvgIpc) is 2.90. The van der Waals surface area contributed by atoms with Gasteiger partial charge in [-0.15, -0.1) is 0 Å². The summed E-state index contributed by atoms with van der Waals surface area (Å²) in [6.07, 6.45) is 0. The summed E-state index contributed by atoms with van der Waals surface area (Å²) in [5, 5.41) is 13.8. The van der Waals surface area contributed by atoms with Crippen molar-refractivity contribution in [1.29, 1.82) is 0 Å². The van der Waals surface area contributed by atoms with E-state index < -0.39 is 33.4 Å². The molecule has 0 radical (unpaired) electrons. The first-order valence-electron chi connectivity index (χ1n) is 11.7. The number of amides is 2. The third-order valence-electron chi connectivity index (χ3n) is 5.72. The van der Waals surface area contributed by atoms with E-state index in [0.717, 1.165) is 14.3 Å². The smallest absolute Gasteiger partial charge is 0.269 e. The quantitative estimate of drug-likeness (QED) is 0.260. The maximum Gasteiger partial charge on any atom is 0.269 e. The molecule has 0 aromatic heterocycles. The van der Waals surface area contributed by atoms with Crippen LogP contribution in [0.5, 0.6) is 0 Å². The molecule has 0 unspecified atom stereocenters. The number of nitro benzene ring substituents is 1. The summed E-state index contributed by atoms with van der Waals surface area (Å²) in [5.41, 5.74) is 0.579. The number of likely N-dealkylation sites (N-methyl/N-ethyl adjacent to an activating group) is 1. The van der Waals surface area contributed by atoms with Crippen molar-refractivity contribution in [3.63, 3.8) is 0 Å². The van der Waals surface area contributed by atoms with Crippen LogP contribution in [-0.4, -0.2) is 49.2 Å². The lowest BCUT2D eigenvalue weighted by molar-refractivity contribution is -0.384. The number of hydrogen-bond acceptors (Lipinski definition) is 6. The van der Waals surface area contributed by atoms with E-state index in [0.29, 0.717) is 6.54 Å². The number of halogens is 1. The van der Waals surface area contributed by atoms with Crippen molar-refractivity contribution in [1.82, 2.24) is 10.2 Å². The molecule has 3 aromatic carbocycles. The molecule has 38 heavy (non-hydrogen) atoms. The summed E-state index contributed by atoms with van der Waals surface area (Å²) in [5.74, 6) is -1.01. The Morgan fingerprint density at radius 2 is 1.68 bits per heavy atom. The summed E-state index contributed by atoms with van der Waals surface area (Å²) < 4.78 is 29.0. The molecule has 0 aliphatic carbocycles. The van der Waals surface area contributed by atoms with Crippen molar-refractivity contribution in [3.8, 4) is 0 Å². The Balaban J connectivity index is 2.04. The second kappa shape index (κ2) is 12.7. The Morgan fingerprint density at radius 1 is 1.03 bits per heavy atom. The number of carbonyl (C=O) groups is 2. The summed E-state index contributed by atoms with van der Waals surface area (Å²) in [4.78, 5) is 38.2. The van der Waals surface area contributed by atoms with Gasteiger partial charge in [-0.25, -0.2) is 8.42 Å². The van der Waals surface area contributed by atoms with Crippen molar-refractivity contribution in [2.75, 3.05) is 17.4 Å². The highest BCUT2D eigenvalue weighted by Crippen LogP contribution is 2.26. The van der Waals surface area contributed by atoms with Gasteiger partial charge in [-0.05, 0) is 55.8 Å². The standard InChI is InChI=1S/C26H27BrN4O6S/c1-3-28-26(33)19(2)29(17-20-8-7-9-21(27)16-20)25(32)18-30(22-12-14-23(15-13-22)31(34)35)38(36,37)24-10-5-4-6-11-24/h4-16,19H,3,17-18H2,1-2H3,(H,28,33)/t19-/m0/s1. The molecule has 0 aliphatic heterocycles. The SMILES string of the molecule is CCNC(=O)[C@H](C)N(Cc1cccc(Br)c1)C(=O)CN(c1ccc([N+](=O)[O-])cc1)S(=O)(=O)c1ccccc1. The zero-order chi connectivity index (χ0) is 27.9. The van der Waals surface area contributed by atoms with Gasteiger partial charge in [-0.2, -0.15) is 0 Å². The zero-order valence-electron chi connectivity index (χ0n) is 20.8. The van der Waals surface area contributed by atoms with Gasteiger partial charge >= 0.3 is 0 Å². The Hall–Kier alpha value is -3.77. The molecule has 0 saturated heterocycles. The Labute approximate surface area is 229 Å². The zero-order valence-corrected chi connectivity index (χ0v) is 23.2. The molecule has 3 rings (SSSR count). The minimum Gasteiger partial charge on any atom is -0.355 e. The molecule has 200 valence electrons. The molecule has 1 atom stereocenters. The van der Waals surface area contributed by atoms with E-state index in [2.05, 4.69) is 21.2 Å². The van der Waals surface area contributed by atoms with Gasteiger partial charge in [0.1, 0.15) is 12.6 Å². The van der Waals surface area contributed by atoms with E-state index in [-0.39, 0.29) is 28.7 Å². The number of non-ortho nitro benzene ring substituents is 1. The second-order valence-corrected chi connectivity index (χ2v) is 11.1. The van der Waals surface area contributed by atoms with Crippen LogP contribution in [0, 0.1) is 10.1 Å². The molecule has 0 heterocycles. The molecular weight excluding hydrogens is 576 g/mol. The highest BCUT2D eigenvalue weighted by molar-refractivity contribution is 9.10. The first kappa shape index (κ1) is 28.8. The first-order chi connectivity index (χ1) is 18.0. The van der Waals surface area contributed by atoms with Gasteiger partial charge < -0.3 is 10.2 Å². The molecule has 10 nitrogen and oxygen atoms in total. The summed E-state index contributed by atoms with van der Waals surface area (Å²) >= 11 is 3.40. The van der Waals surface area contributed by atoms with Gasteiger partial charge in [-0.3, -0.25) is 24.0 Å². The maximum atomic E-state index is 13.7. The molecule has 2 amide bonds. The van der Waals surface area contributed by atoms with E-state index in [1.54, 1.807) is 50.2 Å². The molecule has 12 heteroatoms. The van der Waals surface area contributed by atoms with E-state index in [4.69, 9.17) is 0 Å². The number of benzene rings is 3. The Kier molecular flexibility index (Phi) is 9.59. The normalized spacial score (nSPS) is 11.9. The van der Waals surface area contributed by atoms with Crippen LogP contribution in [0.2, 0.25) is 0 Å². The van der Waals surface area contributed by atoms with Crippen LogP contribution >= 0.6 is 15.9 Å². The molecule has 0 bridgehead atoms. The molecule has 0 fully saturated rings. The molecule has 0 saturated carbocycles. The maximum absolute atomic E-state index is 13.7. The summed E-state index contributed by atoms with van der Waals surface area (Å²) in [6.45, 7) is 3.11. The Bertz CT molecular complexity index is 1400. The van der Waals surface area contributed by atoms with Crippen LogP contribution in [0.25, 0.3) is 0 Å². The van der Waals surface area contributed by atoms with Crippen LogP contribution in [-0.2, 0) is 26.2 Å². The van der Waals surface area contributed by atoms with Gasteiger partial charge in [0.25, 0.3) is 15.7 Å². The fourth-order valence-electron chi connectivity index (χ4n) is 3.73. The van der Waals surface area contributed by atoms with Crippen molar-refractivity contribution >= 4 is 49.1 Å². The van der Waals surface area contributed by atoms with Crippen molar-refractivity contribution in [2.24, 2.45) is 0 Å². The van der Waals surface area contributed by atoms with E-state index >= 15 is 0 Å².